The van der Waals surface area contributed by atoms with Gasteiger partial charge in [0, 0.05) is 19.0 Å². The summed E-state index contributed by atoms with van der Waals surface area (Å²) in [6.07, 6.45) is -0.927. The molecule has 4 heteroatoms. The maximum atomic E-state index is 11.4. The lowest BCUT2D eigenvalue weighted by Gasteiger charge is -2.34. The van der Waals surface area contributed by atoms with Crippen molar-refractivity contribution in [1.29, 1.82) is 0 Å². The largest absolute Gasteiger partial charge is 0.497 e. The molecule has 3 atom stereocenters. The molecular formula is C25H27NO3. The molecule has 1 aliphatic rings. The Labute approximate surface area is 172 Å². The molecule has 2 N–H and O–H groups in total. The molecule has 3 unspecified atom stereocenters. The third kappa shape index (κ3) is 4.35. The molecule has 0 aromatic heterocycles. The van der Waals surface area contributed by atoms with E-state index in [1.807, 2.05) is 48.5 Å². The maximum absolute atomic E-state index is 11.4. The van der Waals surface area contributed by atoms with Crippen LogP contribution in [0.3, 0.4) is 0 Å². The Hall–Kier alpha value is -2.66. The summed E-state index contributed by atoms with van der Waals surface area (Å²) in [6, 6.07) is 26.5. The summed E-state index contributed by atoms with van der Waals surface area (Å²) in [7, 11) is 1.68. The molecule has 0 amide bonds. The van der Waals surface area contributed by atoms with Gasteiger partial charge in [-0.15, -0.1) is 0 Å². The number of nitrogens with one attached hydrogen (secondary N) is 1. The van der Waals surface area contributed by atoms with E-state index < -0.39 is 6.10 Å². The van der Waals surface area contributed by atoms with Gasteiger partial charge in [0.05, 0.1) is 25.9 Å². The molecule has 0 bridgehead atoms. The molecule has 3 aromatic rings. The molecule has 1 fully saturated rings. The fraction of sp³-hybridized carbons (Fsp3) is 0.280. The molecule has 3 aromatic carbocycles. The van der Waals surface area contributed by atoms with Gasteiger partial charge in [-0.2, -0.15) is 0 Å². The topological polar surface area (TPSA) is 50.7 Å². The first-order chi connectivity index (χ1) is 14.3. The van der Waals surface area contributed by atoms with E-state index in [0.717, 1.165) is 34.5 Å². The minimum absolute atomic E-state index is 0.205. The quantitative estimate of drug-likeness (QED) is 0.673. The monoisotopic (exact) mass is 389 g/mol. The van der Waals surface area contributed by atoms with Crippen LogP contribution < -0.4 is 10.1 Å². The zero-order valence-electron chi connectivity index (χ0n) is 16.6. The number of benzene rings is 3. The number of aliphatic hydroxyl groups excluding tert-OH is 1. The van der Waals surface area contributed by atoms with Crippen molar-refractivity contribution in [2.75, 3.05) is 26.8 Å². The standard InChI is InChI=1S/C25H27NO3/c1-28-20-11-7-10-19(16-20)21-12-5-6-13-22(21)24(18-8-3-2-4-9-18)25(27)23-17-26-14-15-29-23/h2-13,16,23-27H,14-15,17H2,1H3. The predicted octanol–water partition coefficient (Wildman–Crippen LogP) is 3.84. The first kappa shape index (κ1) is 19.6. The van der Waals surface area contributed by atoms with Crippen molar-refractivity contribution in [3.05, 3.63) is 90.0 Å². The minimum atomic E-state index is -0.669. The molecule has 4 nitrogen and oxygen atoms in total. The van der Waals surface area contributed by atoms with Crippen LogP contribution in [-0.4, -0.2) is 44.1 Å². The second-order valence-corrected chi connectivity index (χ2v) is 7.31. The van der Waals surface area contributed by atoms with E-state index in [1.165, 1.54) is 0 Å². The Morgan fingerprint density at radius 2 is 1.79 bits per heavy atom. The van der Waals surface area contributed by atoms with Crippen molar-refractivity contribution in [1.82, 2.24) is 5.32 Å². The van der Waals surface area contributed by atoms with Gasteiger partial charge < -0.3 is 19.9 Å². The van der Waals surface area contributed by atoms with E-state index in [9.17, 15) is 5.11 Å². The molecule has 1 heterocycles. The van der Waals surface area contributed by atoms with Crippen LogP contribution in [0.2, 0.25) is 0 Å². The molecule has 4 rings (SSSR count). The van der Waals surface area contributed by atoms with Crippen molar-refractivity contribution in [2.24, 2.45) is 0 Å². The van der Waals surface area contributed by atoms with Crippen LogP contribution in [0.1, 0.15) is 17.0 Å². The van der Waals surface area contributed by atoms with E-state index in [4.69, 9.17) is 9.47 Å². The number of aliphatic hydroxyl groups is 1. The average Bonchev–Trinajstić information content (AvgIpc) is 2.81. The Balaban J connectivity index is 1.81. The summed E-state index contributed by atoms with van der Waals surface area (Å²) in [5.41, 5.74) is 4.30. The lowest BCUT2D eigenvalue weighted by atomic mass is 9.80. The summed E-state index contributed by atoms with van der Waals surface area (Å²) in [4.78, 5) is 0. The lowest BCUT2D eigenvalue weighted by molar-refractivity contribution is -0.0576. The highest BCUT2D eigenvalue weighted by Crippen LogP contribution is 2.37. The summed E-state index contributed by atoms with van der Waals surface area (Å²) >= 11 is 0. The molecule has 1 saturated heterocycles. The second-order valence-electron chi connectivity index (χ2n) is 7.31. The SMILES string of the molecule is COc1cccc(-c2ccccc2C(c2ccccc2)C(O)C2CNCCO2)c1. The highest BCUT2D eigenvalue weighted by Gasteiger charge is 2.33. The van der Waals surface area contributed by atoms with Crippen LogP contribution in [-0.2, 0) is 4.74 Å². The normalized spacial score (nSPS) is 18.8. The minimum Gasteiger partial charge on any atom is -0.497 e. The average molecular weight is 389 g/mol. The van der Waals surface area contributed by atoms with Crippen LogP contribution in [0, 0.1) is 0 Å². The molecule has 29 heavy (non-hydrogen) atoms. The van der Waals surface area contributed by atoms with E-state index in [2.05, 4.69) is 35.6 Å². The molecule has 0 radical (unpaired) electrons. The Bertz CT molecular complexity index is 922. The number of hydrogen-bond acceptors (Lipinski definition) is 4. The zero-order valence-corrected chi connectivity index (χ0v) is 16.6. The van der Waals surface area contributed by atoms with Crippen LogP contribution in [0.15, 0.2) is 78.9 Å². The summed E-state index contributed by atoms with van der Waals surface area (Å²) < 4.78 is 11.3. The summed E-state index contributed by atoms with van der Waals surface area (Å²) in [5.74, 6) is 0.609. The van der Waals surface area contributed by atoms with Gasteiger partial charge in [0.15, 0.2) is 0 Å². The van der Waals surface area contributed by atoms with E-state index in [1.54, 1.807) is 7.11 Å². The molecule has 0 spiro atoms. The Kier molecular flexibility index (Phi) is 6.25. The van der Waals surface area contributed by atoms with Gasteiger partial charge in [0.25, 0.3) is 0 Å². The van der Waals surface area contributed by atoms with Crippen molar-refractivity contribution < 1.29 is 14.6 Å². The highest BCUT2D eigenvalue weighted by atomic mass is 16.5. The van der Waals surface area contributed by atoms with E-state index in [-0.39, 0.29) is 12.0 Å². The van der Waals surface area contributed by atoms with Crippen molar-refractivity contribution >= 4 is 0 Å². The number of methoxy groups -OCH3 is 1. The van der Waals surface area contributed by atoms with Gasteiger partial charge in [-0.1, -0.05) is 66.7 Å². The molecule has 150 valence electrons. The van der Waals surface area contributed by atoms with E-state index >= 15 is 0 Å². The smallest absolute Gasteiger partial charge is 0.119 e. The van der Waals surface area contributed by atoms with Crippen molar-refractivity contribution in [2.45, 2.75) is 18.1 Å². The van der Waals surface area contributed by atoms with Gasteiger partial charge in [0.1, 0.15) is 5.75 Å². The maximum Gasteiger partial charge on any atom is 0.119 e. The summed E-state index contributed by atoms with van der Waals surface area (Å²) in [5, 5.41) is 14.8. The van der Waals surface area contributed by atoms with Gasteiger partial charge in [-0.25, -0.2) is 0 Å². The number of rotatable bonds is 6. The fourth-order valence-corrected chi connectivity index (χ4v) is 4.06. The van der Waals surface area contributed by atoms with E-state index in [0.29, 0.717) is 13.2 Å². The van der Waals surface area contributed by atoms with Crippen LogP contribution >= 0.6 is 0 Å². The zero-order chi connectivity index (χ0) is 20.1. The van der Waals surface area contributed by atoms with Gasteiger partial charge in [0.2, 0.25) is 0 Å². The van der Waals surface area contributed by atoms with Gasteiger partial charge in [-0.05, 0) is 34.4 Å². The Morgan fingerprint density at radius 1 is 1.00 bits per heavy atom. The first-order valence-electron chi connectivity index (χ1n) is 10.1. The molecular weight excluding hydrogens is 362 g/mol. The highest BCUT2D eigenvalue weighted by molar-refractivity contribution is 5.70. The third-order valence-electron chi connectivity index (χ3n) is 5.51. The number of morpholine rings is 1. The van der Waals surface area contributed by atoms with Gasteiger partial charge in [-0.3, -0.25) is 0 Å². The van der Waals surface area contributed by atoms with Gasteiger partial charge >= 0.3 is 0 Å². The molecule has 1 aliphatic heterocycles. The van der Waals surface area contributed by atoms with Crippen LogP contribution in [0.4, 0.5) is 0 Å². The Morgan fingerprint density at radius 3 is 2.55 bits per heavy atom. The summed E-state index contributed by atoms with van der Waals surface area (Å²) in [6.45, 7) is 2.08. The number of hydrogen-bond donors (Lipinski definition) is 2. The van der Waals surface area contributed by atoms with Crippen LogP contribution in [0.25, 0.3) is 11.1 Å². The lowest BCUT2D eigenvalue weighted by Crippen LogP contribution is -2.47. The first-order valence-corrected chi connectivity index (χ1v) is 10.1. The van der Waals surface area contributed by atoms with Crippen LogP contribution in [0.5, 0.6) is 5.75 Å². The van der Waals surface area contributed by atoms with Crippen molar-refractivity contribution in [3.8, 4) is 16.9 Å². The second kappa shape index (κ2) is 9.23. The van der Waals surface area contributed by atoms with Crippen molar-refractivity contribution in [3.63, 3.8) is 0 Å². The molecule has 0 saturated carbocycles. The fourth-order valence-electron chi connectivity index (χ4n) is 4.06. The third-order valence-corrected chi connectivity index (χ3v) is 5.51. The predicted molar refractivity (Wildman–Crippen MR) is 115 cm³/mol. The molecule has 0 aliphatic carbocycles. The number of ether oxygens (including phenoxy) is 2.